The van der Waals surface area contributed by atoms with E-state index in [9.17, 15) is 27.6 Å². The molecule has 2 amide bonds. The first kappa shape index (κ1) is 16.2. The molecule has 0 aliphatic carbocycles. The van der Waals surface area contributed by atoms with Crippen molar-refractivity contribution >= 4 is 17.8 Å². The average molecular weight is 272 g/mol. The summed E-state index contributed by atoms with van der Waals surface area (Å²) in [5.74, 6) is -3.59. The first-order valence-corrected chi connectivity index (χ1v) is 4.57. The largest absolute Gasteiger partial charge is 0.480 e. The number of aliphatic carboxylic acids is 1. The number of alkyl halides is 3. The SMILES string of the molecule is NC(=O)C[C@H](NC(=O)COCC(F)(F)F)C(=O)O. The highest BCUT2D eigenvalue weighted by Gasteiger charge is 2.28. The second-order valence-corrected chi connectivity index (χ2v) is 3.24. The number of nitrogens with two attached hydrogens (primary N) is 1. The van der Waals surface area contributed by atoms with Crippen molar-refractivity contribution in [2.45, 2.75) is 18.6 Å². The number of hydrogen-bond acceptors (Lipinski definition) is 4. The molecule has 0 aromatic carbocycles. The minimum atomic E-state index is -4.58. The number of carboxylic acid groups (broad SMARTS) is 1. The number of hydrogen-bond donors (Lipinski definition) is 3. The predicted molar refractivity (Wildman–Crippen MR) is 50.3 cm³/mol. The lowest BCUT2D eigenvalue weighted by atomic mass is 10.2. The second-order valence-electron chi connectivity index (χ2n) is 3.24. The summed E-state index contributed by atoms with van der Waals surface area (Å²) < 4.78 is 39.0. The number of primary amides is 1. The normalized spacial score (nSPS) is 12.8. The highest BCUT2D eigenvalue weighted by molar-refractivity contribution is 5.88. The third-order valence-electron chi connectivity index (χ3n) is 1.54. The van der Waals surface area contributed by atoms with Crippen LogP contribution in [0.4, 0.5) is 13.2 Å². The minimum absolute atomic E-state index is 0.666. The van der Waals surface area contributed by atoms with Gasteiger partial charge in [-0.2, -0.15) is 13.2 Å². The molecule has 1 atom stereocenters. The number of nitrogens with one attached hydrogen (secondary N) is 1. The molecule has 0 aromatic heterocycles. The molecule has 0 heterocycles. The van der Waals surface area contributed by atoms with Gasteiger partial charge in [0.1, 0.15) is 19.3 Å². The van der Waals surface area contributed by atoms with E-state index in [4.69, 9.17) is 10.8 Å². The Morgan fingerprint density at radius 2 is 1.89 bits per heavy atom. The molecule has 0 rings (SSSR count). The van der Waals surface area contributed by atoms with Crippen LogP contribution in [0.3, 0.4) is 0 Å². The fourth-order valence-electron chi connectivity index (χ4n) is 0.897. The van der Waals surface area contributed by atoms with Gasteiger partial charge >= 0.3 is 12.1 Å². The molecule has 0 spiro atoms. The molecule has 0 aliphatic heterocycles. The van der Waals surface area contributed by atoms with Crippen LogP contribution in [-0.4, -0.2) is 48.3 Å². The Bertz CT molecular complexity index is 331. The summed E-state index contributed by atoms with van der Waals surface area (Å²) in [6.45, 7) is -2.60. The van der Waals surface area contributed by atoms with Crippen LogP contribution >= 0.6 is 0 Å². The first-order chi connectivity index (χ1) is 8.11. The van der Waals surface area contributed by atoms with E-state index in [0.717, 1.165) is 0 Å². The zero-order valence-electron chi connectivity index (χ0n) is 8.99. The monoisotopic (exact) mass is 272 g/mol. The molecule has 104 valence electrons. The number of rotatable bonds is 7. The number of carbonyl (C=O) groups is 3. The smallest absolute Gasteiger partial charge is 0.411 e. The third-order valence-corrected chi connectivity index (χ3v) is 1.54. The van der Waals surface area contributed by atoms with Gasteiger partial charge in [-0.25, -0.2) is 4.79 Å². The van der Waals surface area contributed by atoms with Crippen LogP contribution in [0.25, 0.3) is 0 Å². The van der Waals surface area contributed by atoms with Crippen LogP contribution < -0.4 is 11.1 Å². The van der Waals surface area contributed by atoms with Gasteiger partial charge in [0.25, 0.3) is 0 Å². The Morgan fingerprint density at radius 3 is 2.28 bits per heavy atom. The predicted octanol–water partition coefficient (Wildman–Crippen LogP) is -0.990. The molecule has 0 aliphatic rings. The van der Waals surface area contributed by atoms with Crippen molar-refractivity contribution in [3.05, 3.63) is 0 Å². The molecule has 0 saturated heterocycles. The summed E-state index contributed by atoms with van der Waals surface area (Å²) in [6, 6.07) is -1.59. The van der Waals surface area contributed by atoms with Gasteiger partial charge in [0, 0.05) is 0 Å². The zero-order chi connectivity index (χ0) is 14.3. The molecule has 7 nitrogen and oxygen atoms in total. The summed E-state index contributed by atoms with van der Waals surface area (Å²) in [5.41, 5.74) is 4.73. The highest BCUT2D eigenvalue weighted by Crippen LogP contribution is 2.14. The molecule has 0 fully saturated rings. The lowest BCUT2D eigenvalue weighted by Crippen LogP contribution is -2.44. The summed E-state index contributed by atoms with van der Waals surface area (Å²) in [7, 11) is 0. The third kappa shape index (κ3) is 8.33. The number of carboxylic acids is 1. The molecule has 10 heteroatoms. The summed E-state index contributed by atoms with van der Waals surface area (Å²) in [4.78, 5) is 32.0. The maximum absolute atomic E-state index is 11.7. The topological polar surface area (TPSA) is 119 Å². The van der Waals surface area contributed by atoms with Crippen LogP contribution in [0.2, 0.25) is 0 Å². The zero-order valence-corrected chi connectivity index (χ0v) is 8.99. The molecule has 18 heavy (non-hydrogen) atoms. The molecular formula is C8H11F3N2O5. The Balaban J connectivity index is 4.11. The maximum Gasteiger partial charge on any atom is 0.411 e. The Morgan fingerprint density at radius 1 is 1.33 bits per heavy atom. The van der Waals surface area contributed by atoms with Gasteiger partial charge in [-0.05, 0) is 0 Å². The lowest BCUT2D eigenvalue weighted by Gasteiger charge is -2.13. The Hall–Kier alpha value is -1.84. The highest BCUT2D eigenvalue weighted by atomic mass is 19.4. The summed E-state index contributed by atoms with van der Waals surface area (Å²) >= 11 is 0. The van der Waals surface area contributed by atoms with Crippen molar-refractivity contribution < 1.29 is 37.4 Å². The number of carbonyl (C=O) groups excluding carboxylic acids is 2. The van der Waals surface area contributed by atoms with Crippen molar-refractivity contribution in [3.8, 4) is 0 Å². The Labute approximate surface area is 99.1 Å². The number of halogens is 3. The number of ether oxygens (including phenoxy) is 1. The van der Waals surface area contributed by atoms with E-state index in [1.54, 1.807) is 5.32 Å². The van der Waals surface area contributed by atoms with Crippen LogP contribution in [0.1, 0.15) is 6.42 Å². The van der Waals surface area contributed by atoms with Crippen molar-refractivity contribution in [1.29, 1.82) is 0 Å². The van der Waals surface area contributed by atoms with Crippen LogP contribution in [-0.2, 0) is 19.1 Å². The molecule has 0 saturated carbocycles. The fourth-order valence-corrected chi connectivity index (χ4v) is 0.897. The van der Waals surface area contributed by atoms with Gasteiger partial charge in [0.15, 0.2) is 0 Å². The van der Waals surface area contributed by atoms with Gasteiger partial charge in [0.2, 0.25) is 11.8 Å². The van der Waals surface area contributed by atoms with E-state index in [1.807, 2.05) is 0 Å². The van der Waals surface area contributed by atoms with Gasteiger partial charge in [0.05, 0.1) is 6.42 Å². The van der Waals surface area contributed by atoms with E-state index < -0.39 is 49.6 Å². The minimum Gasteiger partial charge on any atom is -0.480 e. The quantitative estimate of drug-likeness (QED) is 0.550. The van der Waals surface area contributed by atoms with E-state index in [-0.39, 0.29) is 0 Å². The molecule has 0 radical (unpaired) electrons. The van der Waals surface area contributed by atoms with E-state index in [2.05, 4.69) is 4.74 Å². The average Bonchev–Trinajstić information content (AvgIpc) is 2.13. The van der Waals surface area contributed by atoms with Crippen LogP contribution in [0.5, 0.6) is 0 Å². The van der Waals surface area contributed by atoms with Gasteiger partial charge < -0.3 is 20.9 Å². The van der Waals surface area contributed by atoms with Crippen LogP contribution in [0.15, 0.2) is 0 Å². The molecule has 0 unspecified atom stereocenters. The van der Waals surface area contributed by atoms with Gasteiger partial charge in [-0.3, -0.25) is 9.59 Å². The van der Waals surface area contributed by atoms with Crippen molar-refractivity contribution in [2.24, 2.45) is 5.73 Å². The van der Waals surface area contributed by atoms with Gasteiger partial charge in [-0.1, -0.05) is 0 Å². The Kier molecular flexibility index (Phi) is 6.09. The fraction of sp³-hybridized carbons (Fsp3) is 0.625. The van der Waals surface area contributed by atoms with Crippen molar-refractivity contribution in [3.63, 3.8) is 0 Å². The van der Waals surface area contributed by atoms with Gasteiger partial charge in [-0.15, -0.1) is 0 Å². The summed E-state index contributed by atoms with van der Waals surface area (Å²) in [6.07, 6.45) is -5.25. The van der Waals surface area contributed by atoms with E-state index in [0.29, 0.717) is 0 Å². The maximum atomic E-state index is 11.7. The first-order valence-electron chi connectivity index (χ1n) is 4.57. The molecule has 4 N–H and O–H groups in total. The molecule has 0 aromatic rings. The van der Waals surface area contributed by atoms with Crippen LogP contribution in [0, 0.1) is 0 Å². The van der Waals surface area contributed by atoms with E-state index >= 15 is 0 Å². The van der Waals surface area contributed by atoms with Crippen molar-refractivity contribution in [1.82, 2.24) is 5.32 Å². The lowest BCUT2D eigenvalue weighted by molar-refractivity contribution is -0.176. The second kappa shape index (κ2) is 6.79. The molecule has 0 bridgehead atoms. The number of amides is 2. The van der Waals surface area contributed by atoms with E-state index in [1.165, 1.54) is 0 Å². The summed E-state index contributed by atoms with van der Waals surface area (Å²) in [5, 5.41) is 10.4. The molecular weight excluding hydrogens is 261 g/mol. The standard InChI is InChI=1S/C8H11F3N2O5/c9-8(10,11)3-18-2-6(15)13-4(7(16)17)1-5(12)14/h4H,1-3H2,(H2,12,14)(H,13,15)(H,16,17)/t4-/m0/s1. The van der Waals surface area contributed by atoms with Crippen molar-refractivity contribution in [2.75, 3.05) is 13.2 Å².